The van der Waals surface area contributed by atoms with Crippen molar-refractivity contribution in [2.45, 2.75) is 12.8 Å². The molecule has 4 N–H and O–H groups in total. The van der Waals surface area contributed by atoms with Crippen LogP contribution < -0.4 is 16.7 Å². The summed E-state index contributed by atoms with van der Waals surface area (Å²) in [6.07, 6.45) is 1.37. The van der Waals surface area contributed by atoms with E-state index in [2.05, 4.69) is 20.7 Å². The number of amides is 1. The molecule has 0 aliphatic heterocycles. The highest BCUT2D eigenvalue weighted by Gasteiger charge is 2.07. The second-order valence-corrected chi connectivity index (χ2v) is 5.47. The summed E-state index contributed by atoms with van der Waals surface area (Å²) in [6.45, 7) is 0. The van der Waals surface area contributed by atoms with Crippen molar-refractivity contribution in [2.24, 2.45) is 5.10 Å². The van der Waals surface area contributed by atoms with Crippen molar-refractivity contribution in [2.75, 3.05) is 0 Å². The molecule has 0 atom stereocenters. The van der Waals surface area contributed by atoms with Gasteiger partial charge in [-0.15, -0.1) is 0 Å². The van der Waals surface area contributed by atoms with Crippen LogP contribution in [0.5, 0.6) is 5.75 Å². The Labute approximate surface area is 146 Å². The van der Waals surface area contributed by atoms with Crippen LogP contribution in [0.25, 0.3) is 10.8 Å². The molecule has 1 amide bonds. The SMILES string of the molecule is O=C(CCc1n[nH]c(=O)[nH]c1=O)N/N=C\c1c(O)ccc2ccccc12. The standard InChI is InChI=1S/C17H15N5O4/c23-14-7-5-10-3-1-2-4-11(10)12(14)9-18-21-15(24)8-6-13-16(25)19-17(26)22-20-13/h1-5,7,9,23H,6,8H2,(H,21,24)(H2,19,22,25,26)/b18-9-. The Morgan fingerprint density at radius 3 is 2.85 bits per heavy atom. The van der Waals surface area contributed by atoms with Gasteiger partial charge < -0.3 is 5.11 Å². The van der Waals surface area contributed by atoms with Gasteiger partial charge in [-0.1, -0.05) is 30.3 Å². The van der Waals surface area contributed by atoms with Crippen molar-refractivity contribution >= 4 is 22.9 Å². The lowest BCUT2D eigenvalue weighted by Crippen LogP contribution is -2.28. The minimum atomic E-state index is -0.706. The van der Waals surface area contributed by atoms with Gasteiger partial charge >= 0.3 is 5.69 Å². The van der Waals surface area contributed by atoms with Crippen molar-refractivity contribution in [3.8, 4) is 5.75 Å². The molecule has 0 unspecified atom stereocenters. The summed E-state index contributed by atoms with van der Waals surface area (Å²) in [7, 11) is 0. The first-order valence-corrected chi connectivity index (χ1v) is 7.75. The van der Waals surface area contributed by atoms with Gasteiger partial charge in [0.25, 0.3) is 5.56 Å². The van der Waals surface area contributed by atoms with Gasteiger partial charge in [0, 0.05) is 18.4 Å². The lowest BCUT2D eigenvalue weighted by molar-refractivity contribution is -0.121. The third-order valence-electron chi connectivity index (χ3n) is 3.70. The zero-order valence-corrected chi connectivity index (χ0v) is 13.5. The Hall–Kier alpha value is -3.75. The molecule has 0 aliphatic carbocycles. The second-order valence-electron chi connectivity index (χ2n) is 5.47. The number of rotatable bonds is 5. The summed E-state index contributed by atoms with van der Waals surface area (Å²) < 4.78 is 0. The quantitative estimate of drug-likeness (QED) is 0.388. The molecular formula is C17H15N5O4. The van der Waals surface area contributed by atoms with Gasteiger partial charge in [0.15, 0.2) is 0 Å². The zero-order chi connectivity index (χ0) is 18.5. The minimum Gasteiger partial charge on any atom is -0.507 e. The van der Waals surface area contributed by atoms with Gasteiger partial charge in [0.05, 0.1) is 6.21 Å². The number of H-pyrrole nitrogens is 2. The number of phenols is 1. The van der Waals surface area contributed by atoms with Gasteiger partial charge in [-0.2, -0.15) is 10.2 Å². The Morgan fingerprint density at radius 1 is 1.23 bits per heavy atom. The molecule has 132 valence electrons. The number of benzene rings is 2. The molecule has 0 spiro atoms. The van der Waals surface area contributed by atoms with Gasteiger partial charge in [-0.25, -0.2) is 15.3 Å². The smallest absolute Gasteiger partial charge is 0.342 e. The predicted molar refractivity (Wildman–Crippen MR) is 95.1 cm³/mol. The molecule has 0 radical (unpaired) electrons. The van der Waals surface area contributed by atoms with Crippen LogP contribution in [0.3, 0.4) is 0 Å². The molecule has 3 rings (SSSR count). The van der Waals surface area contributed by atoms with Gasteiger partial charge in [-0.05, 0) is 16.8 Å². The van der Waals surface area contributed by atoms with E-state index in [-0.39, 0.29) is 24.3 Å². The topological polar surface area (TPSA) is 140 Å². The van der Waals surface area contributed by atoms with Crippen molar-refractivity contribution in [3.63, 3.8) is 0 Å². The van der Waals surface area contributed by atoms with E-state index in [0.29, 0.717) is 5.56 Å². The van der Waals surface area contributed by atoms with Crippen molar-refractivity contribution in [1.29, 1.82) is 0 Å². The molecule has 3 aromatic rings. The van der Waals surface area contributed by atoms with Crippen LogP contribution >= 0.6 is 0 Å². The maximum Gasteiger partial charge on any atom is 0.342 e. The highest BCUT2D eigenvalue weighted by atomic mass is 16.3. The molecule has 0 aliphatic rings. The first-order chi connectivity index (χ1) is 12.5. The minimum absolute atomic E-state index is 0.0407. The fraction of sp³-hybridized carbons (Fsp3) is 0.118. The van der Waals surface area contributed by atoms with E-state index >= 15 is 0 Å². The monoisotopic (exact) mass is 353 g/mol. The number of aromatic amines is 2. The predicted octanol–water partition coefficient (Wildman–Crippen LogP) is 0.400. The van der Waals surface area contributed by atoms with E-state index in [1.807, 2.05) is 29.2 Å². The fourth-order valence-electron chi connectivity index (χ4n) is 2.42. The number of phenolic OH excluding ortho intramolecular Hbond substituents is 1. The molecule has 1 heterocycles. The first-order valence-electron chi connectivity index (χ1n) is 7.75. The number of hydrazone groups is 1. The largest absolute Gasteiger partial charge is 0.507 e. The number of aryl methyl sites for hydroxylation is 1. The maximum absolute atomic E-state index is 11.8. The van der Waals surface area contributed by atoms with Gasteiger partial charge in [0.1, 0.15) is 11.4 Å². The van der Waals surface area contributed by atoms with E-state index < -0.39 is 17.2 Å². The molecule has 0 bridgehead atoms. The Kier molecular flexibility index (Phi) is 4.88. The molecule has 0 saturated heterocycles. The Bertz CT molecular complexity index is 1100. The molecule has 1 aromatic heterocycles. The summed E-state index contributed by atoms with van der Waals surface area (Å²) in [5.41, 5.74) is 1.53. The van der Waals surface area contributed by atoms with E-state index in [9.17, 15) is 19.5 Å². The van der Waals surface area contributed by atoms with Crippen molar-refractivity contribution < 1.29 is 9.90 Å². The van der Waals surface area contributed by atoms with Crippen LogP contribution in [0.4, 0.5) is 0 Å². The van der Waals surface area contributed by atoms with Crippen LogP contribution in [0.1, 0.15) is 17.7 Å². The molecule has 0 saturated carbocycles. The number of aromatic hydroxyl groups is 1. The molecule has 0 fully saturated rings. The Morgan fingerprint density at radius 2 is 2.04 bits per heavy atom. The summed E-state index contributed by atoms with van der Waals surface area (Å²) in [4.78, 5) is 36.2. The number of hydrogen-bond acceptors (Lipinski definition) is 6. The Balaban J connectivity index is 1.65. The molecular weight excluding hydrogens is 338 g/mol. The van der Waals surface area contributed by atoms with E-state index in [1.54, 1.807) is 12.1 Å². The van der Waals surface area contributed by atoms with Crippen LogP contribution in [-0.4, -0.2) is 32.4 Å². The average Bonchev–Trinajstić information content (AvgIpc) is 2.63. The van der Waals surface area contributed by atoms with Crippen LogP contribution in [0.15, 0.2) is 51.1 Å². The fourth-order valence-corrected chi connectivity index (χ4v) is 2.42. The lowest BCUT2D eigenvalue weighted by atomic mass is 10.0. The van der Waals surface area contributed by atoms with Crippen LogP contribution in [0, 0.1) is 0 Å². The maximum atomic E-state index is 11.8. The summed E-state index contributed by atoms with van der Waals surface area (Å²) in [5, 5.41) is 21.3. The summed E-state index contributed by atoms with van der Waals surface area (Å²) in [5.74, 6) is -0.390. The number of aromatic nitrogens is 3. The molecule has 26 heavy (non-hydrogen) atoms. The van der Waals surface area contributed by atoms with Crippen molar-refractivity contribution in [1.82, 2.24) is 20.6 Å². The number of carbonyl (C=O) groups excluding carboxylic acids is 1. The number of nitrogens with one attached hydrogen (secondary N) is 3. The van der Waals surface area contributed by atoms with Gasteiger partial charge in [-0.3, -0.25) is 14.6 Å². The number of nitrogens with zero attached hydrogens (tertiary/aromatic N) is 2. The lowest BCUT2D eigenvalue weighted by Gasteiger charge is -2.04. The number of carbonyl (C=O) groups is 1. The zero-order valence-electron chi connectivity index (χ0n) is 13.5. The van der Waals surface area contributed by atoms with E-state index in [1.165, 1.54) is 6.21 Å². The van der Waals surface area contributed by atoms with Crippen molar-refractivity contribution in [3.05, 3.63) is 68.5 Å². The van der Waals surface area contributed by atoms with Crippen LogP contribution in [-0.2, 0) is 11.2 Å². The second kappa shape index (κ2) is 7.43. The van der Waals surface area contributed by atoms with E-state index in [0.717, 1.165) is 10.8 Å². The molecule has 9 nitrogen and oxygen atoms in total. The van der Waals surface area contributed by atoms with E-state index in [4.69, 9.17) is 0 Å². The average molecular weight is 353 g/mol. The highest BCUT2D eigenvalue weighted by Crippen LogP contribution is 2.25. The number of hydrogen-bond donors (Lipinski definition) is 4. The third-order valence-corrected chi connectivity index (χ3v) is 3.70. The highest BCUT2D eigenvalue weighted by molar-refractivity contribution is 6.02. The normalized spacial score (nSPS) is 11.1. The first kappa shape index (κ1) is 17.1. The summed E-state index contributed by atoms with van der Waals surface area (Å²) in [6, 6.07) is 10.8. The summed E-state index contributed by atoms with van der Waals surface area (Å²) >= 11 is 0. The van der Waals surface area contributed by atoms with Gasteiger partial charge in [0.2, 0.25) is 5.91 Å². The van der Waals surface area contributed by atoms with Crippen LogP contribution in [0.2, 0.25) is 0 Å². The number of fused-ring (bicyclic) bond motifs is 1. The molecule has 9 heteroatoms. The molecule has 2 aromatic carbocycles. The third kappa shape index (κ3) is 3.83.